The molecule has 0 aliphatic heterocycles. The topological polar surface area (TPSA) is 37.3 Å². The Hall–Kier alpha value is -0.370. The summed E-state index contributed by atoms with van der Waals surface area (Å²) in [5.41, 5.74) is 0.282. The fourth-order valence-corrected chi connectivity index (χ4v) is 8.10. The normalized spacial score (nSPS) is 57.0. The Morgan fingerprint density at radius 2 is 1.75 bits per heavy atom. The number of rotatable bonds is 1. The summed E-state index contributed by atoms with van der Waals surface area (Å²) in [6.07, 6.45) is 9.68. The first-order valence-electron chi connectivity index (χ1n) is 10.5. The number of aliphatic hydroxyl groups excluding tert-OH is 1. The third-order valence-electron chi connectivity index (χ3n) is 9.53. The fraction of sp³-hybridized carbons (Fsp3) is 0.955. The van der Waals surface area contributed by atoms with Crippen LogP contribution in [0.4, 0.5) is 0 Å². The van der Waals surface area contributed by atoms with Gasteiger partial charge in [-0.1, -0.05) is 27.2 Å². The van der Waals surface area contributed by atoms with E-state index >= 15 is 0 Å². The lowest BCUT2D eigenvalue weighted by Crippen LogP contribution is -2.58. The summed E-state index contributed by atoms with van der Waals surface area (Å²) in [7, 11) is 0. The molecule has 0 aromatic carbocycles. The van der Waals surface area contributed by atoms with E-state index < -0.39 is 0 Å². The average molecular weight is 333 g/mol. The molecule has 4 aliphatic carbocycles. The van der Waals surface area contributed by atoms with Crippen LogP contribution in [-0.2, 0) is 4.79 Å². The molecule has 0 spiro atoms. The van der Waals surface area contributed by atoms with Crippen LogP contribution in [0.1, 0.15) is 79.1 Å². The number of fused-ring (bicyclic) bond motifs is 5. The molecule has 136 valence electrons. The number of Topliss-reactive ketones (excluding diaryl/α,β-unsaturated/α-hetero) is 1. The van der Waals surface area contributed by atoms with Crippen LogP contribution in [-0.4, -0.2) is 17.0 Å². The first-order valence-corrected chi connectivity index (χ1v) is 10.5. The van der Waals surface area contributed by atoms with Crippen LogP contribution in [0.5, 0.6) is 0 Å². The fourth-order valence-electron chi connectivity index (χ4n) is 8.10. The molecule has 24 heavy (non-hydrogen) atoms. The Morgan fingerprint density at radius 1 is 1.00 bits per heavy atom. The molecule has 4 fully saturated rings. The minimum Gasteiger partial charge on any atom is -0.393 e. The van der Waals surface area contributed by atoms with Crippen molar-refractivity contribution >= 4 is 5.78 Å². The van der Waals surface area contributed by atoms with Gasteiger partial charge in [0.05, 0.1) is 6.10 Å². The molecular formula is C22H36O2. The highest BCUT2D eigenvalue weighted by Gasteiger charge is 2.63. The molecule has 0 saturated heterocycles. The van der Waals surface area contributed by atoms with Crippen LogP contribution < -0.4 is 0 Å². The zero-order chi connectivity index (χ0) is 17.3. The van der Waals surface area contributed by atoms with Crippen molar-refractivity contribution in [2.45, 2.75) is 85.2 Å². The highest BCUT2D eigenvalue weighted by molar-refractivity contribution is 5.79. The molecule has 0 radical (unpaired) electrons. The molecule has 0 heterocycles. The molecule has 0 aromatic heterocycles. The highest BCUT2D eigenvalue weighted by Crippen LogP contribution is 2.67. The summed E-state index contributed by atoms with van der Waals surface area (Å²) >= 11 is 0. The van der Waals surface area contributed by atoms with Crippen LogP contribution in [0, 0.1) is 46.3 Å². The summed E-state index contributed by atoms with van der Waals surface area (Å²) in [5, 5.41) is 11.2. The van der Waals surface area contributed by atoms with Gasteiger partial charge in [0, 0.05) is 11.3 Å². The summed E-state index contributed by atoms with van der Waals surface area (Å²) in [5.74, 6) is 4.15. The molecular weight excluding hydrogens is 296 g/mol. The summed E-state index contributed by atoms with van der Waals surface area (Å²) in [6.45, 7) is 8.97. The van der Waals surface area contributed by atoms with Crippen molar-refractivity contribution in [3.63, 3.8) is 0 Å². The van der Waals surface area contributed by atoms with Gasteiger partial charge in [-0.3, -0.25) is 4.79 Å². The largest absolute Gasteiger partial charge is 0.393 e. The maximum atomic E-state index is 12.2. The second kappa shape index (κ2) is 5.56. The SMILES string of the molecule is CC(=O)C1CCC2C3CCC4CC(C)CCC4(C)C3CC(O)C12C. The van der Waals surface area contributed by atoms with E-state index in [1.54, 1.807) is 6.92 Å². The quantitative estimate of drug-likeness (QED) is 0.746. The van der Waals surface area contributed by atoms with Gasteiger partial charge in [-0.2, -0.15) is 0 Å². The van der Waals surface area contributed by atoms with Crippen molar-refractivity contribution in [3.05, 3.63) is 0 Å². The van der Waals surface area contributed by atoms with Crippen molar-refractivity contribution in [2.75, 3.05) is 0 Å². The zero-order valence-corrected chi connectivity index (χ0v) is 16.1. The highest BCUT2D eigenvalue weighted by atomic mass is 16.3. The van der Waals surface area contributed by atoms with E-state index in [1.165, 1.54) is 32.1 Å². The van der Waals surface area contributed by atoms with Crippen LogP contribution >= 0.6 is 0 Å². The summed E-state index contributed by atoms with van der Waals surface area (Å²) < 4.78 is 0. The summed E-state index contributed by atoms with van der Waals surface area (Å²) in [6, 6.07) is 0. The van der Waals surface area contributed by atoms with Gasteiger partial charge in [0.15, 0.2) is 0 Å². The predicted molar refractivity (Wildman–Crippen MR) is 96.5 cm³/mol. The van der Waals surface area contributed by atoms with Gasteiger partial charge in [-0.15, -0.1) is 0 Å². The third kappa shape index (κ3) is 2.14. The second-order valence-corrected chi connectivity index (χ2v) is 10.4. The molecule has 0 bridgehead atoms. The Bertz CT molecular complexity index is 528. The summed E-state index contributed by atoms with van der Waals surface area (Å²) in [4.78, 5) is 12.2. The van der Waals surface area contributed by atoms with Crippen molar-refractivity contribution in [2.24, 2.45) is 46.3 Å². The predicted octanol–water partition coefficient (Wildman–Crippen LogP) is 4.84. The van der Waals surface area contributed by atoms with Crippen molar-refractivity contribution < 1.29 is 9.90 Å². The minimum absolute atomic E-state index is 0.0929. The lowest BCUT2D eigenvalue weighted by molar-refractivity contribution is -0.170. The Kier molecular flexibility index (Phi) is 3.95. The third-order valence-corrected chi connectivity index (χ3v) is 9.53. The standard InChI is InChI=1S/C22H36O2/c1-13-9-10-21(3)15(11-13)5-6-16-18-8-7-17(14(2)23)22(18,4)20(24)12-19(16)21/h13,15-20,24H,5-12H2,1-4H3. The number of hydrogen-bond acceptors (Lipinski definition) is 2. The molecule has 4 aliphatic rings. The second-order valence-electron chi connectivity index (χ2n) is 10.4. The van der Waals surface area contributed by atoms with Crippen LogP contribution in [0.15, 0.2) is 0 Å². The van der Waals surface area contributed by atoms with Gasteiger partial charge >= 0.3 is 0 Å². The van der Waals surface area contributed by atoms with E-state index in [4.69, 9.17) is 0 Å². The molecule has 2 nitrogen and oxygen atoms in total. The average Bonchev–Trinajstić information content (AvgIpc) is 2.88. The van der Waals surface area contributed by atoms with E-state index in [0.717, 1.165) is 37.0 Å². The number of hydrogen-bond donors (Lipinski definition) is 1. The van der Waals surface area contributed by atoms with E-state index in [-0.39, 0.29) is 17.4 Å². The van der Waals surface area contributed by atoms with Gasteiger partial charge in [0.1, 0.15) is 5.78 Å². The maximum absolute atomic E-state index is 12.2. The lowest BCUT2D eigenvalue weighted by Gasteiger charge is -2.62. The van der Waals surface area contributed by atoms with E-state index in [0.29, 0.717) is 23.0 Å². The molecule has 9 atom stereocenters. The van der Waals surface area contributed by atoms with Crippen LogP contribution in [0.25, 0.3) is 0 Å². The first-order chi connectivity index (χ1) is 11.3. The Morgan fingerprint density at radius 3 is 2.46 bits per heavy atom. The lowest BCUT2D eigenvalue weighted by atomic mass is 9.43. The smallest absolute Gasteiger partial charge is 0.133 e. The molecule has 1 N–H and O–H groups in total. The van der Waals surface area contributed by atoms with Crippen molar-refractivity contribution in [3.8, 4) is 0 Å². The van der Waals surface area contributed by atoms with E-state index in [9.17, 15) is 9.90 Å². The molecule has 4 saturated carbocycles. The van der Waals surface area contributed by atoms with Gasteiger partial charge in [0.25, 0.3) is 0 Å². The Balaban J connectivity index is 1.66. The van der Waals surface area contributed by atoms with Crippen molar-refractivity contribution in [1.29, 1.82) is 0 Å². The number of carbonyl (C=O) groups excluding carboxylic acids is 1. The Labute approximate surface area is 147 Å². The van der Waals surface area contributed by atoms with Crippen molar-refractivity contribution in [1.82, 2.24) is 0 Å². The van der Waals surface area contributed by atoms with Gasteiger partial charge < -0.3 is 5.11 Å². The number of ketones is 1. The van der Waals surface area contributed by atoms with Gasteiger partial charge in [0.2, 0.25) is 0 Å². The molecule has 4 rings (SSSR count). The molecule has 0 aromatic rings. The minimum atomic E-state index is -0.282. The zero-order valence-electron chi connectivity index (χ0n) is 16.1. The molecule has 9 unspecified atom stereocenters. The van der Waals surface area contributed by atoms with Crippen LogP contribution in [0.3, 0.4) is 0 Å². The molecule has 0 amide bonds. The van der Waals surface area contributed by atoms with Gasteiger partial charge in [-0.25, -0.2) is 0 Å². The van der Waals surface area contributed by atoms with Crippen LogP contribution in [0.2, 0.25) is 0 Å². The van der Waals surface area contributed by atoms with Gasteiger partial charge in [-0.05, 0) is 86.9 Å². The van der Waals surface area contributed by atoms with E-state index in [1.807, 2.05) is 0 Å². The molecule has 2 heteroatoms. The first kappa shape index (κ1) is 17.1. The maximum Gasteiger partial charge on any atom is 0.133 e. The monoisotopic (exact) mass is 332 g/mol. The van der Waals surface area contributed by atoms with E-state index in [2.05, 4.69) is 20.8 Å². The number of aliphatic hydroxyl groups is 1. The number of carbonyl (C=O) groups is 1.